The van der Waals surface area contributed by atoms with Crippen molar-refractivity contribution in [3.8, 4) is 33.4 Å². The van der Waals surface area contributed by atoms with E-state index in [-0.39, 0.29) is 6.17 Å². The second-order valence-electron chi connectivity index (χ2n) is 11.1. The third-order valence-electron chi connectivity index (χ3n) is 8.66. The summed E-state index contributed by atoms with van der Waals surface area (Å²) >= 11 is 1.88. The molecule has 0 bridgehead atoms. The van der Waals surface area contributed by atoms with Gasteiger partial charge >= 0.3 is 0 Å². The average molecular weight is 567 g/mol. The van der Waals surface area contributed by atoms with Crippen LogP contribution < -0.4 is 5.32 Å². The minimum absolute atomic E-state index is 0.247. The molecule has 2 heterocycles. The van der Waals surface area contributed by atoms with Crippen molar-refractivity contribution in [2.75, 3.05) is 0 Å². The predicted molar refractivity (Wildman–Crippen MR) is 182 cm³/mol. The number of fused-ring (bicyclic) bond motifs is 7. The molecule has 1 N–H and O–H groups in total. The number of nitrogens with zero attached hydrogens (tertiary/aromatic N) is 1. The summed E-state index contributed by atoms with van der Waals surface area (Å²) < 4.78 is 1.32. The first kappa shape index (κ1) is 24.4. The van der Waals surface area contributed by atoms with E-state index in [4.69, 9.17) is 4.99 Å². The van der Waals surface area contributed by atoms with Crippen molar-refractivity contribution in [3.63, 3.8) is 0 Å². The molecule has 0 saturated heterocycles. The molecule has 0 saturated carbocycles. The average Bonchev–Trinajstić information content (AvgIpc) is 3.44. The Kier molecular flexibility index (Phi) is 5.47. The van der Waals surface area contributed by atoms with Gasteiger partial charge in [-0.3, -0.25) is 4.99 Å². The summed E-state index contributed by atoms with van der Waals surface area (Å²) in [6.07, 6.45) is 1.94. The molecular weight excluding hydrogens is 541 g/mol. The highest BCUT2D eigenvalue weighted by atomic mass is 32.1. The third kappa shape index (κ3) is 3.82. The summed E-state index contributed by atoms with van der Waals surface area (Å²) in [4.78, 5) is 6.67. The zero-order valence-corrected chi connectivity index (χ0v) is 24.1. The van der Waals surface area contributed by atoms with Crippen LogP contribution in [0.15, 0.2) is 151 Å². The van der Waals surface area contributed by atoms with Crippen LogP contribution in [0.4, 0.5) is 0 Å². The van der Waals surface area contributed by atoms with Crippen molar-refractivity contribution >= 4 is 43.6 Å². The molecule has 2 nitrogen and oxygen atoms in total. The molecule has 1 unspecified atom stereocenters. The minimum atomic E-state index is -0.247. The van der Waals surface area contributed by atoms with E-state index < -0.39 is 0 Å². The zero-order valence-electron chi connectivity index (χ0n) is 23.3. The Morgan fingerprint density at radius 1 is 0.558 bits per heavy atom. The smallest absolute Gasteiger partial charge is 0.155 e. The molecular formula is C40H26N2S. The normalized spacial score (nSPS) is 15.2. The zero-order chi connectivity index (χ0) is 28.3. The number of thiophene rings is 1. The minimum Gasteiger partial charge on any atom is -0.359 e. The molecule has 0 fully saturated rings. The van der Waals surface area contributed by atoms with Crippen molar-refractivity contribution in [1.29, 1.82) is 0 Å². The van der Waals surface area contributed by atoms with Crippen LogP contribution in [0.1, 0.15) is 22.2 Å². The highest BCUT2D eigenvalue weighted by Crippen LogP contribution is 2.55. The molecule has 202 valence electrons. The highest BCUT2D eigenvalue weighted by molar-refractivity contribution is 7.21. The lowest BCUT2D eigenvalue weighted by molar-refractivity contribution is 0.678. The molecule has 43 heavy (non-hydrogen) atoms. The van der Waals surface area contributed by atoms with Gasteiger partial charge in [0.1, 0.15) is 0 Å². The quantitative estimate of drug-likeness (QED) is 0.226. The molecule has 1 aliphatic heterocycles. The first-order chi connectivity index (χ1) is 21.3. The van der Waals surface area contributed by atoms with E-state index in [2.05, 4.69) is 151 Å². The van der Waals surface area contributed by atoms with Gasteiger partial charge in [0.15, 0.2) is 6.17 Å². The first-order valence-corrected chi connectivity index (χ1v) is 15.5. The molecule has 9 rings (SSSR count). The molecule has 7 aromatic rings. The molecule has 0 amide bonds. The summed E-state index contributed by atoms with van der Waals surface area (Å²) in [7, 11) is 0. The Morgan fingerprint density at radius 3 is 1.88 bits per heavy atom. The van der Waals surface area contributed by atoms with Gasteiger partial charge in [-0.15, -0.1) is 11.3 Å². The van der Waals surface area contributed by atoms with Gasteiger partial charge in [0.2, 0.25) is 0 Å². The summed E-state index contributed by atoms with van der Waals surface area (Å²) in [5.74, 6) is 0. The number of aliphatic imine (C=N–C) groups is 1. The van der Waals surface area contributed by atoms with Crippen molar-refractivity contribution < 1.29 is 0 Å². The van der Waals surface area contributed by atoms with E-state index in [9.17, 15) is 0 Å². The summed E-state index contributed by atoms with van der Waals surface area (Å²) in [6, 6.07) is 50.1. The standard InChI is InChI=1S/C40H26N2S/c1-3-13-25(14-4-1)34-24-35(26-15-5-2-6-16-26)42-40(41-34)39-36-32-22-12-11-20-30(32)29-19-9-10-21-31(29)33-23-27-17-7-8-18-28(27)38(43-39)37(33)36/h1-24,40-41H. The van der Waals surface area contributed by atoms with Crippen molar-refractivity contribution in [2.24, 2.45) is 4.99 Å². The maximum Gasteiger partial charge on any atom is 0.155 e. The van der Waals surface area contributed by atoms with Crippen LogP contribution in [0.25, 0.3) is 59.9 Å². The summed E-state index contributed by atoms with van der Waals surface area (Å²) in [5, 5.41) is 7.75. The van der Waals surface area contributed by atoms with Crippen LogP contribution in [-0.2, 0) is 0 Å². The molecule has 0 radical (unpaired) electrons. The van der Waals surface area contributed by atoms with Crippen LogP contribution in [0.5, 0.6) is 0 Å². The van der Waals surface area contributed by atoms with E-state index in [1.54, 1.807) is 0 Å². The maximum atomic E-state index is 5.43. The molecule has 1 aliphatic carbocycles. The molecule has 2 aliphatic rings. The number of allylic oxidation sites excluding steroid dienone is 1. The van der Waals surface area contributed by atoms with Gasteiger partial charge in [0.05, 0.1) is 10.6 Å². The van der Waals surface area contributed by atoms with Crippen LogP contribution in [-0.4, -0.2) is 5.71 Å². The fourth-order valence-corrected chi connectivity index (χ4v) is 8.09. The fourth-order valence-electron chi connectivity index (χ4n) is 6.72. The topological polar surface area (TPSA) is 24.4 Å². The predicted octanol–water partition coefficient (Wildman–Crippen LogP) is 10.5. The summed E-state index contributed by atoms with van der Waals surface area (Å²) in [5.41, 5.74) is 12.0. The Morgan fingerprint density at radius 2 is 1.14 bits per heavy atom. The lowest BCUT2D eigenvalue weighted by atomic mass is 9.93. The van der Waals surface area contributed by atoms with Crippen molar-refractivity contribution in [3.05, 3.63) is 162 Å². The van der Waals surface area contributed by atoms with Gasteiger partial charge in [-0.05, 0) is 61.9 Å². The Hall–Kier alpha value is -5.25. The molecule has 3 heteroatoms. The van der Waals surface area contributed by atoms with E-state index in [1.807, 2.05) is 11.3 Å². The van der Waals surface area contributed by atoms with Gasteiger partial charge in [-0.1, -0.05) is 133 Å². The molecule has 6 aromatic carbocycles. The van der Waals surface area contributed by atoms with E-state index in [1.165, 1.54) is 59.1 Å². The lowest BCUT2D eigenvalue weighted by Gasteiger charge is -2.25. The SMILES string of the molecule is C1=C(c2ccccc2)NC(c2sc3c4c(cc5ccccc53)-c3ccccc3-c3ccccc3-c24)N=C1c1ccccc1. The molecule has 1 aromatic heterocycles. The lowest BCUT2D eigenvalue weighted by Crippen LogP contribution is -2.24. The van der Waals surface area contributed by atoms with Gasteiger partial charge in [-0.2, -0.15) is 0 Å². The highest BCUT2D eigenvalue weighted by Gasteiger charge is 2.31. The number of rotatable bonds is 3. The molecule has 1 atom stereocenters. The van der Waals surface area contributed by atoms with E-state index >= 15 is 0 Å². The summed E-state index contributed by atoms with van der Waals surface area (Å²) in [6.45, 7) is 0. The van der Waals surface area contributed by atoms with Crippen LogP contribution >= 0.6 is 11.3 Å². The van der Waals surface area contributed by atoms with Crippen molar-refractivity contribution in [2.45, 2.75) is 6.17 Å². The number of nitrogens with one attached hydrogen (secondary N) is 1. The van der Waals surface area contributed by atoms with Crippen LogP contribution in [0.2, 0.25) is 0 Å². The van der Waals surface area contributed by atoms with Gasteiger partial charge in [0, 0.05) is 21.3 Å². The second-order valence-corrected chi connectivity index (χ2v) is 12.2. The number of benzene rings is 6. The largest absolute Gasteiger partial charge is 0.359 e. The Bertz CT molecular complexity index is 2260. The van der Waals surface area contributed by atoms with Crippen molar-refractivity contribution in [1.82, 2.24) is 5.32 Å². The van der Waals surface area contributed by atoms with Crippen LogP contribution in [0, 0.1) is 0 Å². The van der Waals surface area contributed by atoms with Crippen LogP contribution in [0.3, 0.4) is 0 Å². The third-order valence-corrected chi connectivity index (χ3v) is 9.93. The van der Waals surface area contributed by atoms with E-state index in [0.29, 0.717) is 0 Å². The van der Waals surface area contributed by atoms with Gasteiger partial charge < -0.3 is 5.32 Å². The number of hydrogen-bond donors (Lipinski definition) is 1. The Labute approximate surface area is 254 Å². The fraction of sp³-hybridized carbons (Fsp3) is 0.0250. The van der Waals surface area contributed by atoms with Gasteiger partial charge in [-0.25, -0.2) is 0 Å². The maximum absolute atomic E-state index is 5.43. The second kappa shape index (κ2) is 9.65. The van der Waals surface area contributed by atoms with E-state index in [0.717, 1.165) is 22.5 Å². The number of hydrogen-bond acceptors (Lipinski definition) is 3. The monoisotopic (exact) mass is 566 g/mol. The first-order valence-electron chi connectivity index (χ1n) is 14.7. The van der Waals surface area contributed by atoms with Gasteiger partial charge in [0.25, 0.3) is 0 Å². The molecule has 0 spiro atoms. The Balaban J connectivity index is 1.38.